The van der Waals surface area contributed by atoms with Crippen LogP contribution in [0.15, 0.2) is 24.3 Å². The summed E-state index contributed by atoms with van der Waals surface area (Å²) in [6.07, 6.45) is -0.652. The van der Waals surface area contributed by atoms with Crippen molar-refractivity contribution < 1.29 is 23.9 Å². The number of hydrogen-bond acceptors (Lipinski definition) is 5. The molecule has 0 aliphatic rings. The molecule has 0 bridgehead atoms. The fraction of sp³-hybridized carbons (Fsp3) is 0.500. The van der Waals surface area contributed by atoms with Gasteiger partial charge in [0.1, 0.15) is 5.60 Å². The van der Waals surface area contributed by atoms with Crippen molar-refractivity contribution in [2.24, 2.45) is 0 Å². The van der Waals surface area contributed by atoms with Gasteiger partial charge in [0.2, 0.25) is 0 Å². The molecular formula is C18H26N2O5. The van der Waals surface area contributed by atoms with Gasteiger partial charge < -0.3 is 14.8 Å². The van der Waals surface area contributed by atoms with Gasteiger partial charge in [0, 0.05) is 12.2 Å². The van der Waals surface area contributed by atoms with Gasteiger partial charge in [-0.15, -0.1) is 0 Å². The van der Waals surface area contributed by atoms with Crippen LogP contribution in [0.25, 0.3) is 0 Å². The molecule has 0 heterocycles. The maximum atomic E-state index is 12.0. The maximum Gasteiger partial charge on any atom is 0.412 e. The van der Waals surface area contributed by atoms with Crippen LogP contribution in [0.5, 0.6) is 0 Å². The molecule has 1 rings (SSSR count). The molecule has 0 saturated heterocycles. The van der Waals surface area contributed by atoms with Crippen LogP contribution in [-0.2, 0) is 14.3 Å². The molecule has 0 aromatic heterocycles. The van der Waals surface area contributed by atoms with Gasteiger partial charge in [-0.2, -0.15) is 0 Å². The van der Waals surface area contributed by atoms with Crippen LogP contribution in [0.1, 0.15) is 51.4 Å². The summed E-state index contributed by atoms with van der Waals surface area (Å²) in [6.45, 7) is 9.29. The zero-order valence-electron chi connectivity index (χ0n) is 15.3. The summed E-state index contributed by atoms with van der Waals surface area (Å²) >= 11 is 0. The molecule has 2 amide bonds. The highest BCUT2D eigenvalue weighted by molar-refractivity contribution is 5.93. The minimum absolute atomic E-state index is 0.282. The summed E-state index contributed by atoms with van der Waals surface area (Å²) in [5.41, 5.74) is 0.173. The third-order valence-electron chi connectivity index (χ3n) is 2.97. The number of rotatable bonds is 6. The highest BCUT2D eigenvalue weighted by Gasteiger charge is 2.19. The van der Waals surface area contributed by atoms with E-state index in [9.17, 15) is 14.4 Å². The summed E-state index contributed by atoms with van der Waals surface area (Å²) in [4.78, 5) is 35.4. The fourth-order valence-electron chi connectivity index (χ4n) is 1.79. The van der Waals surface area contributed by atoms with Crippen LogP contribution in [0.3, 0.4) is 0 Å². The number of carbonyl (C=O) groups is 3. The Labute approximate surface area is 148 Å². The van der Waals surface area contributed by atoms with Crippen molar-refractivity contribution in [3.63, 3.8) is 0 Å². The van der Waals surface area contributed by atoms with Crippen LogP contribution < -0.4 is 10.6 Å². The number of amides is 2. The monoisotopic (exact) mass is 350 g/mol. The predicted octanol–water partition coefficient (Wildman–Crippen LogP) is 3.11. The van der Waals surface area contributed by atoms with Crippen molar-refractivity contribution >= 4 is 23.7 Å². The first-order valence-electron chi connectivity index (χ1n) is 8.21. The van der Waals surface area contributed by atoms with Crippen molar-refractivity contribution in [2.45, 2.75) is 52.7 Å². The van der Waals surface area contributed by atoms with Gasteiger partial charge in [0.05, 0.1) is 5.56 Å². The Bertz CT molecular complexity index is 605. The Morgan fingerprint density at radius 3 is 2.24 bits per heavy atom. The van der Waals surface area contributed by atoms with Crippen molar-refractivity contribution in [1.29, 1.82) is 0 Å². The lowest BCUT2D eigenvalue weighted by atomic mass is 10.2. The van der Waals surface area contributed by atoms with Crippen molar-refractivity contribution in [3.8, 4) is 0 Å². The van der Waals surface area contributed by atoms with E-state index >= 15 is 0 Å². The molecule has 0 aliphatic carbocycles. The van der Waals surface area contributed by atoms with Gasteiger partial charge in [0.25, 0.3) is 5.91 Å². The lowest BCUT2D eigenvalue weighted by molar-refractivity contribution is -0.129. The van der Waals surface area contributed by atoms with Crippen molar-refractivity contribution in [1.82, 2.24) is 5.32 Å². The zero-order valence-corrected chi connectivity index (χ0v) is 15.3. The molecular weight excluding hydrogens is 324 g/mol. The second-order valence-corrected chi connectivity index (χ2v) is 6.54. The molecule has 1 atom stereocenters. The summed E-state index contributed by atoms with van der Waals surface area (Å²) in [7, 11) is 0. The quantitative estimate of drug-likeness (QED) is 0.769. The van der Waals surface area contributed by atoms with Crippen LogP contribution in [0, 0.1) is 0 Å². The Balaban J connectivity index is 2.59. The predicted molar refractivity (Wildman–Crippen MR) is 94.5 cm³/mol. The topological polar surface area (TPSA) is 93.7 Å². The lowest BCUT2D eigenvalue weighted by Crippen LogP contribution is -2.36. The molecule has 25 heavy (non-hydrogen) atoms. The fourth-order valence-corrected chi connectivity index (χ4v) is 1.79. The summed E-state index contributed by atoms with van der Waals surface area (Å²) in [5.74, 6) is -0.943. The van der Waals surface area contributed by atoms with E-state index in [0.717, 1.165) is 6.42 Å². The normalized spacial score (nSPS) is 12.0. The second kappa shape index (κ2) is 9.05. The zero-order chi connectivity index (χ0) is 19.0. The van der Waals surface area contributed by atoms with Crippen molar-refractivity contribution in [3.05, 3.63) is 29.8 Å². The molecule has 7 heteroatoms. The average Bonchev–Trinajstić information content (AvgIpc) is 2.51. The van der Waals surface area contributed by atoms with Gasteiger partial charge >= 0.3 is 12.1 Å². The van der Waals surface area contributed by atoms with E-state index in [0.29, 0.717) is 12.2 Å². The highest BCUT2D eigenvalue weighted by Crippen LogP contribution is 2.14. The van der Waals surface area contributed by atoms with Gasteiger partial charge in [-0.1, -0.05) is 6.92 Å². The number of ether oxygens (including phenoxy) is 2. The van der Waals surface area contributed by atoms with E-state index in [1.54, 1.807) is 32.9 Å². The maximum absolute atomic E-state index is 12.0. The van der Waals surface area contributed by atoms with E-state index < -0.39 is 23.8 Å². The first kappa shape index (κ1) is 20.5. The van der Waals surface area contributed by atoms with E-state index in [4.69, 9.17) is 9.47 Å². The van der Waals surface area contributed by atoms with E-state index in [-0.39, 0.29) is 11.5 Å². The smallest absolute Gasteiger partial charge is 0.412 e. The second-order valence-electron chi connectivity index (χ2n) is 6.54. The van der Waals surface area contributed by atoms with Crippen LogP contribution in [0.4, 0.5) is 10.5 Å². The minimum Gasteiger partial charge on any atom is -0.449 e. The van der Waals surface area contributed by atoms with Gasteiger partial charge in [-0.25, -0.2) is 9.59 Å². The Hall–Kier alpha value is -2.57. The summed E-state index contributed by atoms with van der Waals surface area (Å²) in [6, 6.07) is 6.13. The molecule has 0 unspecified atom stereocenters. The SMILES string of the molecule is CCCNC(=O)[C@H](C)OC(=O)c1ccc(NC(=O)OC(C)(C)C)cc1. The van der Waals surface area contributed by atoms with Crippen LogP contribution in [0.2, 0.25) is 0 Å². The number of esters is 1. The number of carbonyl (C=O) groups excluding carboxylic acids is 3. The van der Waals surface area contributed by atoms with Gasteiger partial charge in [0.15, 0.2) is 6.10 Å². The van der Waals surface area contributed by atoms with Gasteiger partial charge in [-0.05, 0) is 58.4 Å². The average molecular weight is 350 g/mol. The van der Waals surface area contributed by atoms with Crippen LogP contribution >= 0.6 is 0 Å². The minimum atomic E-state index is -0.876. The van der Waals surface area contributed by atoms with E-state index in [1.807, 2.05) is 6.92 Å². The molecule has 0 saturated carbocycles. The third-order valence-corrected chi connectivity index (χ3v) is 2.97. The largest absolute Gasteiger partial charge is 0.449 e. The number of anilines is 1. The summed E-state index contributed by atoms with van der Waals surface area (Å²) in [5, 5.41) is 5.23. The van der Waals surface area contributed by atoms with E-state index in [1.165, 1.54) is 19.1 Å². The number of hydrogen-bond donors (Lipinski definition) is 2. The first-order valence-corrected chi connectivity index (χ1v) is 8.21. The lowest BCUT2D eigenvalue weighted by Gasteiger charge is -2.19. The van der Waals surface area contributed by atoms with Crippen LogP contribution in [-0.4, -0.2) is 36.2 Å². The Morgan fingerprint density at radius 1 is 1.12 bits per heavy atom. The third kappa shape index (κ3) is 7.69. The standard InChI is InChI=1S/C18H26N2O5/c1-6-11-19-15(21)12(2)24-16(22)13-7-9-14(10-8-13)20-17(23)25-18(3,4)5/h7-10,12H,6,11H2,1-5H3,(H,19,21)(H,20,23)/t12-/m0/s1. The molecule has 0 spiro atoms. The van der Waals surface area contributed by atoms with Gasteiger partial charge in [-0.3, -0.25) is 10.1 Å². The molecule has 0 radical (unpaired) electrons. The van der Waals surface area contributed by atoms with E-state index in [2.05, 4.69) is 10.6 Å². The molecule has 138 valence electrons. The molecule has 1 aromatic carbocycles. The Morgan fingerprint density at radius 2 is 1.72 bits per heavy atom. The van der Waals surface area contributed by atoms with Crippen molar-refractivity contribution in [2.75, 3.05) is 11.9 Å². The Kier molecular flexibility index (Phi) is 7.42. The highest BCUT2D eigenvalue weighted by atomic mass is 16.6. The molecule has 7 nitrogen and oxygen atoms in total. The first-order chi connectivity index (χ1) is 11.6. The number of benzene rings is 1. The molecule has 2 N–H and O–H groups in total. The molecule has 0 fully saturated rings. The number of nitrogens with one attached hydrogen (secondary N) is 2. The molecule has 0 aliphatic heterocycles. The molecule has 1 aromatic rings. The summed E-state index contributed by atoms with van der Waals surface area (Å²) < 4.78 is 10.3.